The third-order valence-corrected chi connectivity index (χ3v) is 2.32. The monoisotopic (exact) mass is 198 g/mol. The van der Waals surface area contributed by atoms with Crippen LogP contribution in [0.4, 0.5) is 0 Å². The molecular formula is C10H14O2S. The van der Waals surface area contributed by atoms with Crippen LogP contribution in [-0.2, 0) is 6.42 Å². The van der Waals surface area contributed by atoms with Gasteiger partial charge in [0, 0.05) is 4.90 Å². The molecule has 0 aliphatic heterocycles. The number of phenols is 1. The Hall–Kier alpha value is -0.830. The Balaban J connectivity index is 3.06. The first-order valence-electron chi connectivity index (χ1n) is 4.27. The summed E-state index contributed by atoms with van der Waals surface area (Å²) in [4.78, 5) is 0.820. The summed E-state index contributed by atoms with van der Waals surface area (Å²) in [6.07, 6.45) is 2.01. The van der Waals surface area contributed by atoms with Crippen molar-refractivity contribution in [2.24, 2.45) is 0 Å². The lowest BCUT2D eigenvalue weighted by Crippen LogP contribution is -1.90. The van der Waals surface area contributed by atoms with E-state index in [-0.39, 0.29) is 5.75 Å². The fourth-order valence-electron chi connectivity index (χ4n) is 1.23. The Morgan fingerprint density at radius 1 is 1.46 bits per heavy atom. The third kappa shape index (κ3) is 2.31. The highest BCUT2D eigenvalue weighted by Gasteiger charge is 2.06. The van der Waals surface area contributed by atoms with Crippen molar-refractivity contribution in [3.63, 3.8) is 0 Å². The molecule has 72 valence electrons. The maximum Gasteiger partial charge on any atom is 0.160 e. The summed E-state index contributed by atoms with van der Waals surface area (Å²) < 4.78 is 5.00. The molecular weight excluding hydrogens is 184 g/mol. The predicted octanol–water partition coefficient (Wildman–Crippen LogP) is 2.64. The van der Waals surface area contributed by atoms with Crippen LogP contribution in [0.25, 0.3) is 0 Å². The normalized spacial score (nSPS) is 10.1. The van der Waals surface area contributed by atoms with E-state index in [1.54, 1.807) is 13.2 Å². The molecule has 0 atom stereocenters. The molecule has 3 heteroatoms. The average molecular weight is 198 g/mol. The van der Waals surface area contributed by atoms with Gasteiger partial charge in [-0.3, -0.25) is 0 Å². The molecule has 0 bridgehead atoms. The van der Waals surface area contributed by atoms with Crippen LogP contribution < -0.4 is 4.74 Å². The molecule has 0 saturated carbocycles. The van der Waals surface area contributed by atoms with Crippen molar-refractivity contribution in [1.82, 2.24) is 0 Å². The van der Waals surface area contributed by atoms with Gasteiger partial charge in [0.1, 0.15) is 0 Å². The van der Waals surface area contributed by atoms with Crippen molar-refractivity contribution in [2.45, 2.75) is 24.7 Å². The van der Waals surface area contributed by atoms with Gasteiger partial charge in [-0.2, -0.15) is 0 Å². The molecule has 1 rings (SSSR count). The van der Waals surface area contributed by atoms with Crippen LogP contribution in [0.1, 0.15) is 18.9 Å². The Morgan fingerprint density at radius 3 is 2.69 bits per heavy atom. The van der Waals surface area contributed by atoms with Crippen LogP contribution in [0.3, 0.4) is 0 Å². The van der Waals surface area contributed by atoms with Crippen LogP contribution >= 0.6 is 12.6 Å². The molecule has 0 aliphatic rings. The molecule has 2 nitrogen and oxygen atoms in total. The SMILES string of the molecule is CCCc1cc(OC)c(O)cc1S. The number of benzene rings is 1. The summed E-state index contributed by atoms with van der Waals surface area (Å²) in [5, 5.41) is 9.41. The zero-order valence-electron chi connectivity index (χ0n) is 7.87. The molecule has 0 spiro atoms. The lowest BCUT2D eigenvalue weighted by atomic mass is 10.1. The molecule has 0 fully saturated rings. The summed E-state index contributed by atoms with van der Waals surface area (Å²) in [7, 11) is 1.54. The van der Waals surface area contributed by atoms with Gasteiger partial charge in [0.05, 0.1) is 7.11 Å². The highest BCUT2D eigenvalue weighted by molar-refractivity contribution is 7.80. The van der Waals surface area contributed by atoms with E-state index in [1.165, 1.54) is 0 Å². The number of aryl methyl sites for hydroxylation is 1. The number of ether oxygens (including phenoxy) is 1. The fraction of sp³-hybridized carbons (Fsp3) is 0.400. The van der Waals surface area contributed by atoms with Crippen molar-refractivity contribution in [1.29, 1.82) is 0 Å². The van der Waals surface area contributed by atoms with Gasteiger partial charge < -0.3 is 9.84 Å². The largest absolute Gasteiger partial charge is 0.504 e. The lowest BCUT2D eigenvalue weighted by Gasteiger charge is -2.08. The second kappa shape index (κ2) is 4.42. The van der Waals surface area contributed by atoms with Crippen LogP contribution in [0.15, 0.2) is 17.0 Å². The summed E-state index contributed by atoms with van der Waals surface area (Å²) in [6.45, 7) is 2.10. The molecule has 0 aromatic heterocycles. The van der Waals surface area contributed by atoms with Gasteiger partial charge in [0.2, 0.25) is 0 Å². The number of rotatable bonds is 3. The van der Waals surface area contributed by atoms with Crippen LogP contribution in [0, 0.1) is 0 Å². The van der Waals surface area contributed by atoms with E-state index in [9.17, 15) is 5.11 Å². The van der Waals surface area contributed by atoms with Gasteiger partial charge in [-0.25, -0.2) is 0 Å². The number of hydrogen-bond donors (Lipinski definition) is 2. The Bertz CT molecular complexity index is 297. The minimum Gasteiger partial charge on any atom is -0.504 e. The lowest BCUT2D eigenvalue weighted by molar-refractivity contribution is 0.372. The fourth-order valence-corrected chi connectivity index (χ4v) is 1.53. The number of thiol groups is 1. The first kappa shape index (κ1) is 10.3. The molecule has 13 heavy (non-hydrogen) atoms. The van der Waals surface area contributed by atoms with Gasteiger partial charge in [-0.15, -0.1) is 12.6 Å². The van der Waals surface area contributed by atoms with E-state index in [0.29, 0.717) is 5.75 Å². The molecule has 0 unspecified atom stereocenters. The minimum absolute atomic E-state index is 0.146. The van der Waals surface area contributed by atoms with Crippen molar-refractivity contribution >= 4 is 12.6 Å². The second-order valence-electron chi connectivity index (χ2n) is 2.90. The van der Waals surface area contributed by atoms with Crippen molar-refractivity contribution in [3.8, 4) is 11.5 Å². The molecule has 1 N–H and O–H groups in total. The van der Waals surface area contributed by atoms with Crippen LogP contribution in [-0.4, -0.2) is 12.2 Å². The Morgan fingerprint density at radius 2 is 2.15 bits per heavy atom. The Labute approximate surface area is 84.0 Å². The molecule has 0 saturated heterocycles. The molecule has 0 radical (unpaired) electrons. The maximum absolute atomic E-state index is 9.41. The van der Waals surface area contributed by atoms with Crippen molar-refractivity contribution in [2.75, 3.05) is 7.11 Å². The summed E-state index contributed by atoms with van der Waals surface area (Å²) in [6, 6.07) is 3.45. The molecule has 1 aromatic rings. The van der Waals surface area contributed by atoms with Crippen molar-refractivity contribution < 1.29 is 9.84 Å². The topological polar surface area (TPSA) is 29.5 Å². The zero-order chi connectivity index (χ0) is 9.84. The Kier molecular flexibility index (Phi) is 3.48. The second-order valence-corrected chi connectivity index (χ2v) is 3.38. The number of hydrogen-bond acceptors (Lipinski definition) is 3. The van der Waals surface area contributed by atoms with E-state index >= 15 is 0 Å². The van der Waals surface area contributed by atoms with Gasteiger partial charge in [-0.1, -0.05) is 13.3 Å². The zero-order valence-corrected chi connectivity index (χ0v) is 8.77. The minimum atomic E-state index is 0.146. The number of aromatic hydroxyl groups is 1. The van der Waals surface area contributed by atoms with Gasteiger partial charge in [0.15, 0.2) is 11.5 Å². The maximum atomic E-state index is 9.41. The van der Waals surface area contributed by atoms with E-state index in [4.69, 9.17) is 4.74 Å². The quantitative estimate of drug-likeness (QED) is 0.731. The van der Waals surface area contributed by atoms with E-state index in [1.807, 2.05) is 6.07 Å². The first-order valence-corrected chi connectivity index (χ1v) is 4.72. The highest BCUT2D eigenvalue weighted by Crippen LogP contribution is 2.31. The van der Waals surface area contributed by atoms with E-state index < -0.39 is 0 Å². The highest BCUT2D eigenvalue weighted by atomic mass is 32.1. The van der Waals surface area contributed by atoms with Gasteiger partial charge in [-0.05, 0) is 24.1 Å². The first-order chi connectivity index (χ1) is 6.19. The predicted molar refractivity (Wildman–Crippen MR) is 55.9 cm³/mol. The summed E-state index contributed by atoms with van der Waals surface area (Å²) in [5.74, 6) is 0.661. The summed E-state index contributed by atoms with van der Waals surface area (Å²) in [5.41, 5.74) is 1.11. The number of methoxy groups -OCH3 is 1. The standard InChI is InChI=1S/C10H14O2S/c1-3-4-7-5-9(12-2)8(11)6-10(7)13/h5-6,11,13H,3-4H2,1-2H3. The van der Waals surface area contributed by atoms with Crippen LogP contribution in [0.2, 0.25) is 0 Å². The molecule has 1 aromatic carbocycles. The van der Waals surface area contributed by atoms with E-state index in [2.05, 4.69) is 19.6 Å². The van der Waals surface area contributed by atoms with Gasteiger partial charge in [0.25, 0.3) is 0 Å². The molecule has 0 aliphatic carbocycles. The van der Waals surface area contributed by atoms with Gasteiger partial charge >= 0.3 is 0 Å². The number of phenolic OH excluding ortho intramolecular Hbond substituents is 1. The smallest absolute Gasteiger partial charge is 0.160 e. The van der Waals surface area contributed by atoms with Crippen LogP contribution in [0.5, 0.6) is 11.5 Å². The van der Waals surface area contributed by atoms with Crippen molar-refractivity contribution in [3.05, 3.63) is 17.7 Å². The third-order valence-electron chi connectivity index (χ3n) is 1.90. The average Bonchev–Trinajstić information content (AvgIpc) is 2.10. The summed E-state index contributed by atoms with van der Waals surface area (Å²) >= 11 is 4.27. The van der Waals surface area contributed by atoms with E-state index in [0.717, 1.165) is 23.3 Å². The molecule has 0 heterocycles. The molecule has 0 amide bonds.